The minimum Gasteiger partial charge on any atom is -0.497 e. The lowest BCUT2D eigenvalue weighted by Crippen LogP contribution is -2.40. The van der Waals surface area contributed by atoms with Crippen LogP contribution in [0.3, 0.4) is 0 Å². The Balaban J connectivity index is 1.39. The van der Waals surface area contributed by atoms with E-state index in [1.54, 1.807) is 54.6 Å². The Kier molecular flexibility index (Phi) is 17.4. The third-order valence-electron chi connectivity index (χ3n) is 12.0. The number of anilines is 2. The van der Waals surface area contributed by atoms with Crippen molar-refractivity contribution in [2.24, 2.45) is 0 Å². The van der Waals surface area contributed by atoms with Crippen LogP contribution in [0.15, 0.2) is 109 Å². The molecule has 1 aliphatic rings. The van der Waals surface area contributed by atoms with Crippen LogP contribution in [-0.2, 0) is 32.2 Å². The fraction of sp³-hybridized carbons (Fsp3) is 0.296. The number of ether oxygens (including phenoxy) is 12. The number of rotatable bonds is 21. The maximum absolute atomic E-state index is 15.4. The minimum absolute atomic E-state index is 0.0141. The first-order valence-corrected chi connectivity index (χ1v) is 22.9. The van der Waals surface area contributed by atoms with Crippen molar-refractivity contribution in [3.8, 4) is 57.5 Å². The van der Waals surface area contributed by atoms with Crippen LogP contribution in [0, 0.1) is 0 Å². The molecule has 6 aromatic rings. The highest BCUT2D eigenvalue weighted by Crippen LogP contribution is 2.48. The van der Waals surface area contributed by atoms with Gasteiger partial charge in [-0.15, -0.1) is 26.3 Å². The van der Waals surface area contributed by atoms with E-state index in [0.29, 0.717) is 28.4 Å². The number of carbonyl (C=O) groups is 2. The van der Waals surface area contributed by atoms with Crippen molar-refractivity contribution in [1.82, 2.24) is 0 Å². The fourth-order valence-corrected chi connectivity index (χ4v) is 8.63. The standard InChI is InChI=1S/C54H52F6N2O14/c1-65-32-17-15-30(44(25-32)69-5)28-61-40-21-19-34(75-53(55,56)57)23-38(40)48(36-11-9-13-42(67-3)50(36)71-7)74-47(63)27-46-52(64)62(29-31-16-18-33(66-2)26-45(31)70-6)41-22-20-35(76-54(58,59)60)24-39(41)49(73-46)37-12-10-14-43(68-4)51(37)72-8/h9-26,46,48-49,61H,27-29H2,1-8H3. The molecule has 3 atom stereocenters. The molecule has 0 aromatic heterocycles. The topological polar surface area (TPSA) is 160 Å². The number of halogens is 6. The van der Waals surface area contributed by atoms with Gasteiger partial charge in [-0.2, -0.15) is 0 Å². The first kappa shape index (κ1) is 55.4. The van der Waals surface area contributed by atoms with E-state index in [0.717, 1.165) is 24.3 Å². The van der Waals surface area contributed by atoms with Crippen LogP contribution >= 0.6 is 0 Å². The Morgan fingerprint density at radius 2 is 1.13 bits per heavy atom. The summed E-state index contributed by atoms with van der Waals surface area (Å²) in [6, 6.07) is 25.7. The zero-order valence-corrected chi connectivity index (χ0v) is 42.2. The van der Waals surface area contributed by atoms with Gasteiger partial charge >= 0.3 is 18.7 Å². The number of para-hydroxylation sites is 2. The van der Waals surface area contributed by atoms with Gasteiger partial charge in [0.2, 0.25) is 0 Å². The molecule has 3 unspecified atom stereocenters. The number of esters is 1. The second-order valence-corrected chi connectivity index (χ2v) is 16.4. The van der Waals surface area contributed by atoms with Crippen LogP contribution in [0.5, 0.6) is 57.5 Å². The molecule has 0 fully saturated rings. The molecule has 7 rings (SSSR count). The summed E-state index contributed by atoms with van der Waals surface area (Å²) in [5.74, 6) is -1.40. The van der Waals surface area contributed by atoms with Crippen LogP contribution in [0.2, 0.25) is 0 Å². The highest BCUT2D eigenvalue weighted by Gasteiger charge is 2.42. The van der Waals surface area contributed by atoms with Gasteiger partial charge in [0, 0.05) is 57.7 Å². The zero-order chi connectivity index (χ0) is 54.9. The molecule has 6 aromatic carbocycles. The average molecular weight is 1070 g/mol. The van der Waals surface area contributed by atoms with Crippen molar-refractivity contribution < 1.29 is 92.8 Å². The van der Waals surface area contributed by atoms with Gasteiger partial charge in [0.05, 0.1) is 75.5 Å². The predicted molar refractivity (Wildman–Crippen MR) is 262 cm³/mol. The number of carbonyl (C=O) groups excluding carboxylic acids is 2. The Morgan fingerprint density at radius 1 is 0.579 bits per heavy atom. The summed E-state index contributed by atoms with van der Waals surface area (Å²) in [7, 11) is 11.1. The highest BCUT2D eigenvalue weighted by molar-refractivity contribution is 6.00. The molecule has 0 saturated heterocycles. The molecular weight excluding hydrogens is 1010 g/mol. The molecule has 1 aliphatic heterocycles. The van der Waals surface area contributed by atoms with Crippen molar-refractivity contribution in [1.29, 1.82) is 0 Å². The van der Waals surface area contributed by atoms with E-state index in [9.17, 15) is 31.1 Å². The van der Waals surface area contributed by atoms with Crippen molar-refractivity contribution in [3.63, 3.8) is 0 Å². The summed E-state index contributed by atoms with van der Waals surface area (Å²) in [6.45, 7) is -0.292. The van der Waals surface area contributed by atoms with Crippen LogP contribution in [-0.4, -0.2) is 87.6 Å². The molecule has 0 radical (unpaired) electrons. The summed E-state index contributed by atoms with van der Waals surface area (Å²) in [6.07, 6.45) is -16.2. The molecule has 22 heteroatoms. The number of amides is 1. The van der Waals surface area contributed by atoms with Gasteiger partial charge in [0.25, 0.3) is 5.91 Å². The quantitative estimate of drug-likeness (QED) is 0.0535. The lowest BCUT2D eigenvalue weighted by molar-refractivity contribution is -0.275. The largest absolute Gasteiger partial charge is 0.573 e. The number of alkyl halides is 6. The fourth-order valence-electron chi connectivity index (χ4n) is 8.63. The molecule has 76 heavy (non-hydrogen) atoms. The summed E-state index contributed by atoms with van der Waals surface area (Å²) in [4.78, 5) is 31.6. The van der Waals surface area contributed by atoms with Crippen LogP contribution in [0.1, 0.15) is 52.0 Å². The van der Waals surface area contributed by atoms with Crippen LogP contribution in [0.4, 0.5) is 37.7 Å². The van der Waals surface area contributed by atoms with Crippen LogP contribution in [0.25, 0.3) is 0 Å². The highest BCUT2D eigenvalue weighted by atomic mass is 19.4. The number of benzene rings is 6. The van der Waals surface area contributed by atoms with Gasteiger partial charge in [0.1, 0.15) is 46.7 Å². The Labute approximate surface area is 432 Å². The van der Waals surface area contributed by atoms with Crippen LogP contribution < -0.4 is 57.6 Å². The van der Waals surface area contributed by atoms with E-state index < -0.39 is 60.8 Å². The van der Waals surface area contributed by atoms with E-state index in [1.807, 2.05) is 0 Å². The third kappa shape index (κ3) is 12.7. The molecule has 0 saturated carbocycles. The number of hydrogen-bond donors (Lipinski definition) is 1. The van der Waals surface area contributed by atoms with Gasteiger partial charge in [-0.05, 0) is 72.8 Å². The number of fused-ring (bicyclic) bond motifs is 1. The lowest BCUT2D eigenvalue weighted by atomic mass is 9.97. The van der Waals surface area contributed by atoms with Crippen molar-refractivity contribution >= 4 is 23.3 Å². The first-order chi connectivity index (χ1) is 36.3. The molecule has 1 N–H and O–H groups in total. The minimum atomic E-state index is -5.15. The van der Waals surface area contributed by atoms with E-state index in [4.69, 9.17) is 47.4 Å². The molecular formula is C54H52F6N2O14. The summed E-state index contributed by atoms with van der Waals surface area (Å²) in [5, 5.41) is 3.21. The number of hydrogen-bond acceptors (Lipinski definition) is 15. The van der Waals surface area contributed by atoms with E-state index >= 15 is 4.79 Å². The predicted octanol–water partition coefficient (Wildman–Crippen LogP) is 10.9. The van der Waals surface area contributed by atoms with Crippen molar-refractivity contribution in [2.75, 3.05) is 67.1 Å². The molecule has 1 amide bonds. The maximum atomic E-state index is 15.4. The SMILES string of the molecule is COc1ccc(CNc2ccc(OC(F)(F)F)cc2C(OC(=O)CC2OC(c3cccc(OC)c3OC)c3cc(OC(F)(F)F)ccc3N(Cc3ccc(OC)cc3OC)C2=O)c2cccc(OC)c2OC)c(OC)c1. The molecule has 0 bridgehead atoms. The van der Waals surface area contributed by atoms with E-state index in [-0.39, 0.29) is 75.5 Å². The second kappa shape index (κ2) is 23.9. The van der Waals surface area contributed by atoms with Gasteiger partial charge in [0.15, 0.2) is 29.1 Å². The molecule has 404 valence electrons. The normalized spacial score (nSPS) is 14.8. The number of nitrogens with one attached hydrogen (secondary N) is 1. The molecule has 0 aliphatic carbocycles. The lowest BCUT2D eigenvalue weighted by Gasteiger charge is -2.27. The Hall–Kier alpha value is -8.40. The first-order valence-electron chi connectivity index (χ1n) is 22.9. The number of methoxy groups -OCH3 is 8. The van der Waals surface area contributed by atoms with Gasteiger partial charge < -0.3 is 67.1 Å². The van der Waals surface area contributed by atoms with E-state index in [2.05, 4.69) is 14.8 Å². The van der Waals surface area contributed by atoms with Crippen molar-refractivity contribution in [2.45, 2.75) is 50.5 Å². The Bertz CT molecular complexity index is 3030. The summed E-state index contributed by atoms with van der Waals surface area (Å²) >= 11 is 0. The monoisotopic (exact) mass is 1070 g/mol. The average Bonchev–Trinajstić information content (AvgIpc) is 3.53. The molecule has 1 heterocycles. The molecule has 0 spiro atoms. The third-order valence-corrected chi connectivity index (χ3v) is 12.0. The summed E-state index contributed by atoms with van der Waals surface area (Å²) < 4.78 is 150. The van der Waals surface area contributed by atoms with Gasteiger partial charge in [-0.3, -0.25) is 9.59 Å². The van der Waals surface area contributed by atoms with E-state index in [1.165, 1.54) is 92.1 Å². The van der Waals surface area contributed by atoms with Gasteiger partial charge in [-0.25, -0.2) is 0 Å². The second-order valence-electron chi connectivity index (χ2n) is 16.4. The van der Waals surface area contributed by atoms with Crippen molar-refractivity contribution in [3.05, 3.63) is 143 Å². The zero-order valence-electron chi connectivity index (χ0n) is 42.2. The number of nitrogens with zero attached hydrogens (tertiary/aromatic N) is 1. The maximum Gasteiger partial charge on any atom is 0.573 e. The van der Waals surface area contributed by atoms with Gasteiger partial charge in [-0.1, -0.05) is 24.3 Å². The Morgan fingerprint density at radius 3 is 1.72 bits per heavy atom. The molecule has 16 nitrogen and oxygen atoms in total. The summed E-state index contributed by atoms with van der Waals surface area (Å²) in [5.41, 5.74) is 1.30. The smallest absolute Gasteiger partial charge is 0.497 e.